The Morgan fingerprint density at radius 2 is 1.82 bits per heavy atom. The van der Waals surface area contributed by atoms with Gasteiger partial charge in [0.2, 0.25) is 11.8 Å². The molecule has 148 valence electrons. The number of nitrogens with zero attached hydrogens (tertiary/aromatic N) is 1. The molecule has 2 aromatic carbocycles. The molecule has 2 N–H and O–H groups in total. The van der Waals surface area contributed by atoms with Gasteiger partial charge in [0.05, 0.1) is 12.5 Å². The zero-order valence-corrected chi connectivity index (χ0v) is 15.5. The van der Waals surface area contributed by atoms with Crippen LogP contribution in [0.4, 0.5) is 8.78 Å². The van der Waals surface area contributed by atoms with Crippen molar-refractivity contribution in [1.29, 1.82) is 0 Å². The molecule has 0 aromatic heterocycles. The number of halogens is 2. The van der Waals surface area contributed by atoms with Gasteiger partial charge >= 0.3 is 0 Å². The lowest BCUT2D eigenvalue weighted by molar-refractivity contribution is -0.138. The molecular weight excluding hydrogens is 364 g/mol. The molecule has 0 aliphatic carbocycles. The van der Waals surface area contributed by atoms with Gasteiger partial charge in [-0.3, -0.25) is 9.59 Å². The van der Waals surface area contributed by atoms with Crippen LogP contribution in [0, 0.1) is 11.6 Å². The molecule has 1 heterocycles. The Hall–Kier alpha value is -2.80. The quantitative estimate of drug-likeness (QED) is 0.764. The molecule has 0 bridgehead atoms. The second-order valence-corrected chi connectivity index (χ2v) is 6.83. The second kappa shape index (κ2) is 9.41. The average molecular weight is 387 g/mol. The van der Waals surface area contributed by atoms with Gasteiger partial charge in [-0.15, -0.1) is 0 Å². The van der Waals surface area contributed by atoms with Crippen LogP contribution in [0.25, 0.3) is 0 Å². The van der Waals surface area contributed by atoms with Gasteiger partial charge in [-0.25, -0.2) is 8.78 Å². The first-order chi connectivity index (χ1) is 13.5. The number of nitrogens with one attached hydrogen (secondary N) is 2. The summed E-state index contributed by atoms with van der Waals surface area (Å²) in [5.74, 6) is -1.80. The molecule has 0 saturated carbocycles. The fraction of sp³-hybridized carbons (Fsp3) is 0.333. The van der Waals surface area contributed by atoms with E-state index in [0.717, 1.165) is 18.1 Å². The van der Waals surface area contributed by atoms with Crippen LogP contribution in [0.5, 0.6) is 0 Å². The van der Waals surface area contributed by atoms with E-state index in [9.17, 15) is 18.4 Å². The number of rotatable bonds is 7. The fourth-order valence-corrected chi connectivity index (χ4v) is 3.28. The first-order valence-electron chi connectivity index (χ1n) is 9.29. The molecule has 1 unspecified atom stereocenters. The van der Waals surface area contributed by atoms with E-state index in [2.05, 4.69) is 10.6 Å². The van der Waals surface area contributed by atoms with Crippen LogP contribution in [0.15, 0.2) is 48.5 Å². The Balaban J connectivity index is 1.50. The monoisotopic (exact) mass is 387 g/mol. The highest BCUT2D eigenvalue weighted by molar-refractivity contribution is 5.88. The Bertz CT molecular complexity index is 809. The molecule has 1 aliphatic rings. The summed E-state index contributed by atoms with van der Waals surface area (Å²) in [6.45, 7) is 1.55. The van der Waals surface area contributed by atoms with Crippen molar-refractivity contribution < 1.29 is 18.4 Å². The van der Waals surface area contributed by atoms with Crippen LogP contribution >= 0.6 is 0 Å². The summed E-state index contributed by atoms with van der Waals surface area (Å²) in [5.41, 5.74) is 1.52. The van der Waals surface area contributed by atoms with Crippen molar-refractivity contribution in [2.24, 2.45) is 0 Å². The second-order valence-electron chi connectivity index (χ2n) is 6.83. The Kier molecular flexibility index (Phi) is 6.71. The molecule has 1 fully saturated rings. The molecule has 0 spiro atoms. The van der Waals surface area contributed by atoms with E-state index in [-0.39, 0.29) is 24.8 Å². The van der Waals surface area contributed by atoms with E-state index in [4.69, 9.17) is 0 Å². The maximum absolute atomic E-state index is 13.4. The number of carbonyl (C=O) groups excluding carboxylic acids is 2. The highest BCUT2D eigenvalue weighted by Gasteiger charge is 2.30. The van der Waals surface area contributed by atoms with Gasteiger partial charge in [-0.05, 0) is 29.7 Å². The zero-order valence-electron chi connectivity index (χ0n) is 15.5. The van der Waals surface area contributed by atoms with Crippen LogP contribution in [-0.2, 0) is 22.6 Å². The normalized spacial score (nSPS) is 16.9. The first-order valence-corrected chi connectivity index (χ1v) is 9.29. The number of amides is 2. The van der Waals surface area contributed by atoms with Crippen molar-refractivity contribution in [1.82, 2.24) is 15.5 Å². The summed E-state index contributed by atoms with van der Waals surface area (Å²) in [7, 11) is 0. The minimum atomic E-state index is -0.674. The van der Waals surface area contributed by atoms with Crippen molar-refractivity contribution >= 4 is 11.8 Å². The summed E-state index contributed by atoms with van der Waals surface area (Å²) >= 11 is 0. The van der Waals surface area contributed by atoms with Crippen molar-refractivity contribution in [3.05, 3.63) is 71.3 Å². The standard InChI is InChI=1S/C21H23F2N3O2/c22-17-10-16(11-18(23)12-17)14-26-9-8-24-19(21(26)28)13-20(27)25-7-6-15-4-2-1-3-5-15/h1-5,10-12,19,24H,6-9,13-14H2,(H,25,27). The van der Waals surface area contributed by atoms with Crippen molar-refractivity contribution in [3.63, 3.8) is 0 Å². The van der Waals surface area contributed by atoms with Crippen LogP contribution < -0.4 is 10.6 Å². The summed E-state index contributed by atoms with van der Waals surface area (Å²) in [6, 6.07) is 12.4. The lowest BCUT2D eigenvalue weighted by Crippen LogP contribution is -2.55. The van der Waals surface area contributed by atoms with E-state index < -0.39 is 17.7 Å². The molecule has 5 nitrogen and oxygen atoms in total. The topological polar surface area (TPSA) is 61.4 Å². The van der Waals surface area contributed by atoms with Gasteiger partial charge in [-0.1, -0.05) is 30.3 Å². The number of benzene rings is 2. The molecule has 1 atom stereocenters. The van der Waals surface area contributed by atoms with Crippen molar-refractivity contribution in [3.8, 4) is 0 Å². The first kappa shape index (κ1) is 19.9. The SMILES string of the molecule is O=C(CC1NCCN(Cc2cc(F)cc(F)c2)C1=O)NCCc1ccccc1. The minimum Gasteiger partial charge on any atom is -0.356 e. The Labute approximate surface area is 162 Å². The lowest BCUT2D eigenvalue weighted by Gasteiger charge is -2.33. The molecule has 1 aliphatic heterocycles. The van der Waals surface area contributed by atoms with E-state index in [1.807, 2.05) is 30.3 Å². The Morgan fingerprint density at radius 3 is 2.54 bits per heavy atom. The third kappa shape index (κ3) is 5.60. The summed E-state index contributed by atoms with van der Waals surface area (Å²) < 4.78 is 26.7. The fourth-order valence-electron chi connectivity index (χ4n) is 3.28. The number of hydrogen-bond acceptors (Lipinski definition) is 3. The third-order valence-corrected chi connectivity index (χ3v) is 4.65. The number of piperazine rings is 1. The van der Waals surface area contributed by atoms with Gasteiger partial charge in [0.15, 0.2) is 0 Å². The summed E-state index contributed by atoms with van der Waals surface area (Å²) in [4.78, 5) is 26.3. The predicted octanol–water partition coefficient (Wildman–Crippen LogP) is 2.01. The van der Waals surface area contributed by atoms with Crippen LogP contribution in [0.2, 0.25) is 0 Å². The number of carbonyl (C=O) groups is 2. The highest BCUT2D eigenvalue weighted by atomic mass is 19.1. The van der Waals surface area contributed by atoms with Gasteiger partial charge < -0.3 is 15.5 Å². The predicted molar refractivity (Wildman–Crippen MR) is 101 cm³/mol. The van der Waals surface area contributed by atoms with Crippen LogP contribution in [-0.4, -0.2) is 42.4 Å². The average Bonchev–Trinajstić information content (AvgIpc) is 2.65. The lowest BCUT2D eigenvalue weighted by atomic mass is 10.1. The number of hydrogen-bond donors (Lipinski definition) is 2. The van der Waals surface area contributed by atoms with E-state index >= 15 is 0 Å². The molecule has 2 amide bonds. The van der Waals surface area contributed by atoms with Gasteiger partial charge in [0.25, 0.3) is 0 Å². The molecule has 0 radical (unpaired) electrons. The van der Waals surface area contributed by atoms with E-state index in [1.54, 1.807) is 0 Å². The molecule has 7 heteroatoms. The van der Waals surface area contributed by atoms with Crippen LogP contribution in [0.1, 0.15) is 17.5 Å². The molecule has 28 heavy (non-hydrogen) atoms. The molecule has 3 rings (SSSR count). The van der Waals surface area contributed by atoms with Crippen molar-refractivity contribution in [2.45, 2.75) is 25.4 Å². The smallest absolute Gasteiger partial charge is 0.240 e. The summed E-state index contributed by atoms with van der Waals surface area (Å²) in [6.07, 6.45) is 0.748. The van der Waals surface area contributed by atoms with E-state index in [0.29, 0.717) is 25.2 Å². The zero-order chi connectivity index (χ0) is 19.9. The molecular formula is C21H23F2N3O2. The van der Waals surface area contributed by atoms with Gasteiger partial charge in [-0.2, -0.15) is 0 Å². The maximum Gasteiger partial charge on any atom is 0.240 e. The van der Waals surface area contributed by atoms with Crippen LogP contribution in [0.3, 0.4) is 0 Å². The molecule has 1 saturated heterocycles. The van der Waals surface area contributed by atoms with E-state index in [1.165, 1.54) is 17.0 Å². The highest BCUT2D eigenvalue weighted by Crippen LogP contribution is 2.14. The third-order valence-electron chi connectivity index (χ3n) is 4.65. The van der Waals surface area contributed by atoms with Crippen molar-refractivity contribution in [2.75, 3.05) is 19.6 Å². The molecule has 2 aromatic rings. The minimum absolute atomic E-state index is 0.0294. The van der Waals surface area contributed by atoms with Gasteiger partial charge in [0, 0.05) is 32.2 Å². The summed E-state index contributed by atoms with van der Waals surface area (Å²) in [5, 5.41) is 5.88. The van der Waals surface area contributed by atoms with Gasteiger partial charge in [0.1, 0.15) is 11.6 Å². The Morgan fingerprint density at radius 1 is 1.11 bits per heavy atom. The maximum atomic E-state index is 13.4. The largest absolute Gasteiger partial charge is 0.356 e.